The summed E-state index contributed by atoms with van der Waals surface area (Å²) in [5.41, 5.74) is 0.189. The number of hydrogen-bond donors (Lipinski definition) is 3. The molecule has 1 atom stereocenters. The molecule has 2 aromatic rings. The van der Waals surface area contributed by atoms with E-state index in [9.17, 15) is 31.2 Å². The number of rotatable bonds is 8. The van der Waals surface area contributed by atoms with Crippen LogP contribution >= 0.6 is 11.6 Å². The number of aryl methyl sites for hydroxylation is 3. The fraction of sp³-hybridized carbons (Fsp3) is 0.333. The van der Waals surface area contributed by atoms with Gasteiger partial charge in [-0.1, -0.05) is 29.3 Å². The van der Waals surface area contributed by atoms with E-state index in [1.807, 2.05) is 0 Å². The Morgan fingerprint density at radius 2 is 1.67 bits per heavy atom. The quantitative estimate of drug-likeness (QED) is 0.490. The topological polar surface area (TPSA) is 113 Å². The lowest BCUT2D eigenvalue weighted by atomic mass is 10.1. The van der Waals surface area contributed by atoms with Gasteiger partial charge in [0.25, 0.3) is 0 Å². The van der Waals surface area contributed by atoms with E-state index in [0.29, 0.717) is 17.2 Å². The van der Waals surface area contributed by atoms with Crippen LogP contribution in [0.4, 0.5) is 18.9 Å². The van der Waals surface area contributed by atoms with Crippen molar-refractivity contribution in [2.75, 3.05) is 5.32 Å². The van der Waals surface area contributed by atoms with Gasteiger partial charge in [0.2, 0.25) is 15.9 Å². The Balaban J connectivity index is 2.39. The van der Waals surface area contributed by atoms with Crippen LogP contribution in [0.5, 0.6) is 0 Å². The standard InChI is InChI=1S/C21H22ClF3N2O5S/c1-11-8-12(2)19(13(3)9-11)33(31,32)27-16(6-7-18(28)29)20(30)26-17-10-14(21(23,24)25)4-5-15(17)22/h4-5,8-10,16,27H,6-7H2,1-3H3,(H,26,30)(H,28,29). The third-order valence-corrected chi connectivity index (χ3v) is 6.79. The summed E-state index contributed by atoms with van der Waals surface area (Å²) in [6, 6.07) is 3.96. The first-order valence-electron chi connectivity index (χ1n) is 9.61. The summed E-state index contributed by atoms with van der Waals surface area (Å²) in [4.78, 5) is 23.7. The Morgan fingerprint density at radius 3 is 2.18 bits per heavy atom. The van der Waals surface area contributed by atoms with Crippen molar-refractivity contribution in [3.8, 4) is 0 Å². The summed E-state index contributed by atoms with van der Waals surface area (Å²) < 4.78 is 67.3. The number of carbonyl (C=O) groups excluding carboxylic acids is 1. The molecule has 1 amide bonds. The van der Waals surface area contributed by atoms with Gasteiger partial charge in [-0.3, -0.25) is 9.59 Å². The molecule has 0 aliphatic heterocycles. The van der Waals surface area contributed by atoms with Crippen molar-refractivity contribution in [2.24, 2.45) is 0 Å². The highest BCUT2D eigenvalue weighted by Crippen LogP contribution is 2.34. The zero-order valence-electron chi connectivity index (χ0n) is 17.9. The van der Waals surface area contributed by atoms with Crippen LogP contribution < -0.4 is 10.0 Å². The van der Waals surface area contributed by atoms with E-state index in [1.54, 1.807) is 32.9 Å². The van der Waals surface area contributed by atoms with Crippen molar-refractivity contribution < 1.29 is 36.3 Å². The number of amides is 1. The van der Waals surface area contributed by atoms with Gasteiger partial charge in [-0.2, -0.15) is 17.9 Å². The Kier molecular flexibility index (Phi) is 8.15. The number of sulfonamides is 1. The molecule has 180 valence electrons. The van der Waals surface area contributed by atoms with Gasteiger partial charge in [0.15, 0.2) is 0 Å². The SMILES string of the molecule is Cc1cc(C)c(S(=O)(=O)NC(CCC(=O)O)C(=O)Nc2cc(C(F)(F)F)ccc2Cl)c(C)c1. The van der Waals surface area contributed by atoms with E-state index in [-0.39, 0.29) is 9.92 Å². The Bertz CT molecular complexity index is 1160. The highest BCUT2D eigenvalue weighted by molar-refractivity contribution is 7.89. The lowest BCUT2D eigenvalue weighted by molar-refractivity contribution is -0.138. The summed E-state index contributed by atoms with van der Waals surface area (Å²) in [6.45, 7) is 4.93. The molecule has 3 N–H and O–H groups in total. The fourth-order valence-electron chi connectivity index (χ4n) is 3.37. The molecular formula is C21H22ClF3N2O5S. The van der Waals surface area contributed by atoms with Gasteiger partial charge in [0.1, 0.15) is 6.04 Å². The summed E-state index contributed by atoms with van der Waals surface area (Å²) >= 11 is 5.89. The number of halogens is 4. The van der Waals surface area contributed by atoms with Gasteiger partial charge in [0, 0.05) is 6.42 Å². The van der Waals surface area contributed by atoms with Crippen molar-refractivity contribution in [3.63, 3.8) is 0 Å². The monoisotopic (exact) mass is 506 g/mol. The van der Waals surface area contributed by atoms with E-state index in [2.05, 4.69) is 10.0 Å². The molecule has 0 bridgehead atoms. The Hall–Kier alpha value is -2.63. The van der Waals surface area contributed by atoms with Gasteiger partial charge in [0.05, 0.1) is 21.2 Å². The van der Waals surface area contributed by atoms with Crippen molar-refractivity contribution in [2.45, 2.75) is 50.7 Å². The Morgan fingerprint density at radius 1 is 1.09 bits per heavy atom. The normalized spacial score (nSPS) is 12.9. The summed E-state index contributed by atoms with van der Waals surface area (Å²) in [7, 11) is -4.28. The molecule has 0 radical (unpaired) electrons. The predicted molar refractivity (Wildman–Crippen MR) is 117 cm³/mol. The van der Waals surface area contributed by atoms with Gasteiger partial charge >= 0.3 is 12.1 Å². The maximum atomic E-state index is 13.0. The highest BCUT2D eigenvalue weighted by Gasteiger charge is 2.32. The van der Waals surface area contributed by atoms with Crippen LogP contribution in [-0.2, 0) is 25.8 Å². The number of aliphatic carboxylic acids is 1. The molecule has 7 nitrogen and oxygen atoms in total. The van der Waals surface area contributed by atoms with Crippen molar-refractivity contribution >= 4 is 39.2 Å². The predicted octanol–water partition coefficient (Wildman–Crippen LogP) is 4.43. The van der Waals surface area contributed by atoms with Crippen LogP contribution in [0.3, 0.4) is 0 Å². The van der Waals surface area contributed by atoms with Crippen LogP contribution in [-0.4, -0.2) is 31.4 Å². The maximum absolute atomic E-state index is 13.0. The molecule has 0 aromatic heterocycles. The van der Waals surface area contributed by atoms with Gasteiger partial charge in [-0.15, -0.1) is 0 Å². The van der Waals surface area contributed by atoms with Crippen molar-refractivity contribution in [1.29, 1.82) is 0 Å². The van der Waals surface area contributed by atoms with E-state index < -0.39 is 58.2 Å². The lowest BCUT2D eigenvalue weighted by Crippen LogP contribution is -2.44. The van der Waals surface area contributed by atoms with Gasteiger partial charge < -0.3 is 10.4 Å². The minimum absolute atomic E-state index is 0.0710. The average molecular weight is 507 g/mol. The first-order valence-corrected chi connectivity index (χ1v) is 11.5. The number of carboxylic acids is 1. The molecular weight excluding hydrogens is 485 g/mol. The van der Waals surface area contributed by atoms with Gasteiger partial charge in [-0.25, -0.2) is 8.42 Å². The number of hydrogen-bond acceptors (Lipinski definition) is 4. The van der Waals surface area contributed by atoms with E-state index in [1.165, 1.54) is 0 Å². The largest absolute Gasteiger partial charge is 0.481 e. The third-order valence-electron chi connectivity index (χ3n) is 4.69. The molecule has 2 aromatic carbocycles. The fourth-order valence-corrected chi connectivity index (χ4v) is 5.21. The average Bonchev–Trinajstić information content (AvgIpc) is 2.64. The summed E-state index contributed by atoms with van der Waals surface area (Å²) in [6.07, 6.45) is -5.71. The summed E-state index contributed by atoms with van der Waals surface area (Å²) in [5.74, 6) is -2.34. The van der Waals surface area contributed by atoms with Crippen molar-refractivity contribution in [1.82, 2.24) is 4.72 Å². The molecule has 0 fully saturated rings. The van der Waals surface area contributed by atoms with E-state index in [4.69, 9.17) is 16.7 Å². The van der Waals surface area contributed by atoms with Crippen molar-refractivity contribution in [3.05, 3.63) is 57.6 Å². The first-order chi connectivity index (χ1) is 15.1. The second-order valence-electron chi connectivity index (χ2n) is 7.52. The number of anilines is 1. The van der Waals surface area contributed by atoms with Crippen LogP contribution in [0.2, 0.25) is 5.02 Å². The molecule has 1 unspecified atom stereocenters. The van der Waals surface area contributed by atoms with Crippen LogP contribution in [0.15, 0.2) is 35.2 Å². The number of alkyl halides is 3. The molecule has 12 heteroatoms. The molecule has 0 heterocycles. The minimum Gasteiger partial charge on any atom is -0.481 e. The zero-order chi connectivity index (χ0) is 25.1. The van der Waals surface area contributed by atoms with Gasteiger partial charge in [-0.05, 0) is 56.5 Å². The third kappa shape index (κ3) is 6.92. The molecule has 0 spiro atoms. The number of carbonyl (C=O) groups is 2. The molecule has 0 aliphatic rings. The Labute approximate surface area is 194 Å². The smallest absolute Gasteiger partial charge is 0.416 e. The number of carboxylic acid groups (broad SMARTS) is 1. The highest BCUT2D eigenvalue weighted by atomic mass is 35.5. The minimum atomic E-state index is -4.70. The van der Waals surface area contributed by atoms with Crippen LogP contribution in [0.1, 0.15) is 35.1 Å². The zero-order valence-corrected chi connectivity index (χ0v) is 19.5. The summed E-state index contributed by atoms with van der Waals surface area (Å²) in [5, 5.41) is 10.9. The second-order valence-corrected chi connectivity index (χ2v) is 9.57. The number of benzene rings is 2. The maximum Gasteiger partial charge on any atom is 0.416 e. The molecule has 0 saturated carbocycles. The number of nitrogens with one attached hydrogen (secondary N) is 2. The second kappa shape index (κ2) is 10.1. The first kappa shape index (κ1) is 26.6. The van der Waals surface area contributed by atoms with Crippen LogP contribution in [0, 0.1) is 20.8 Å². The van der Waals surface area contributed by atoms with E-state index in [0.717, 1.165) is 17.7 Å². The molecule has 33 heavy (non-hydrogen) atoms. The van der Waals surface area contributed by atoms with Crippen LogP contribution in [0.25, 0.3) is 0 Å². The van der Waals surface area contributed by atoms with E-state index >= 15 is 0 Å². The molecule has 0 saturated heterocycles. The molecule has 2 rings (SSSR count). The molecule has 0 aliphatic carbocycles. The lowest BCUT2D eigenvalue weighted by Gasteiger charge is -2.20.